The van der Waals surface area contributed by atoms with Gasteiger partial charge < -0.3 is 9.47 Å². The quantitative estimate of drug-likeness (QED) is 0.0838. The van der Waals surface area contributed by atoms with Crippen molar-refractivity contribution in [1.82, 2.24) is 19.9 Å². The molecule has 9 aromatic rings. The van der Waals surface area contributed by atoms with E-state index in [4.69, 9.17) is 10.00 Å². The van der Waals surface area contributed by atoms with Crippen LogP contribution in [0, 0.1) is 115 Å². The minimum absolute atomic E-state index is 0.0562. The molecule has 5 heterocycles. The SMILES string of the molecule is CC(C)(C)C(C)(C)c1ccc(F)cc1.CC(C)(C)C1(c2ccc(F)cc2)CC1.CC(C)(C)CC(C)(C)C.CC(C)(C)CC1CC1.CC(C)(C)CC1CCOCC1.CC(C)(C)Cc1ccc(C(F)(F)F)cc1.CC(C)(C)Cc1ccc(OC(F)(F)F)cc1.CC(C)Cc1cscn1.CC(C)Cc1nccs1.CC(C)[C@H](C)c1ccc(C#N)cc1.CC(C)[C@H](C)c1cccnc1.Cc1ccncc1CC(C)C. The molecule has 3 aliphatic rings. The highest BCUT2D eigenvalue weighted by Gasteiger charge is 2.53. The van der Waals surface area contributed by atoms with Crippen LogP contribution in [0.1, 0.15) is 399 Å². The number of aromatic nitrogens is 4. The van der Waals surface area contributed by atoms with E-state index in [1.807, 2.05) is 96.5 Å². The van der Waals surface area contributed by atoms with E-state index in [0.29, 0.717) is 50.7 Å². The van der Waals surface area contributed by atoms with Gasteiger partial charge in [0.15, 0.2) is 0 Å². The van der Waals surface area contributed by atoms with E-state index >= 15 is 0 Å². The number of pyridine rings is 2. The number of alkyl halides is 6. The molecule has 7 nitrogen and oxygen atoms in total. The van der Waals surface area contributed by atoms with Crippen LogP contribution in [0.2, 0.25) is 0 Å². The maximum absolute atomic E-state index is 12.8. The molecule has 3 fully saturated rings. The van der Waals surface area contributed by atoms with Gasteiger partial charge in [-0.25, -0.2) is 18.7 Å². The first kappa shape index (κ1) is 130. The van der Waals surface area contributed by atoms with E-state index < -0.39 is 18.1 Å². The van der Waals surface area contributed by atoms with Gasteiger partial charge in [-0.05, 0) is 297 Å². The summed E-state index contributed by atoms with van der Waals surface area (Å²) in [6, 6.07) is 41.4. The highest BCUT2D eigenvalue weighted by atomic mass is 32.1. The van der Waals surface area contributed by atoms with Crippen LogP contribution in [0.15, 0.2) is 187 Å². The Hall–Kier alpha value is -7.65. The van der Waals surface area contributed by atoms with Crippen LogP contribution in [0.25, 0.3) is 0 Å². The Morgan fingerprint density at radius 1 is 0.464 bits per heavy atom. The molecule has 140 heavy (non-hydrogen) atoms. The van der Waals surface area contributed by atoms with Gasteiger partial charge in [0, 0.05) is 66.8 Å². The largest absolute Gasteiger partial charge is 0.573 e. The molecule has 12 rings (SSSR count). The van der Waals surface area contributed by atoms with E-state index in [-0.39, 0.29) is 44.5 Å². The summed E-state index contributed by atoms with van der Waals surface area (Å²) in [5.74, 6) is 6.23. The molecular weight excluding hydrogens is 1800 g/mol. The Kier molecular flexibility index (Phi) is 56.2. The zero-order valence-electron chi connectivity index (χ0n) is 94.3. The lowest BCUT2D eigenvalue weighted by molar-refractivity contribution is -0.274. The van der Waals surface area contributed by atoms with Crippen LogP contribution in [0.5, 0.6) is 5.75 Å². The molecule has 786 valence electrons. The first-order valence-corrected chi connectivity index (χ1v) is 53.0. The normalized spacial score (nSPS) is 14.3. The number of aryl methyl sites for hydroxylation is 1. The zero-order chi connectivity index (χ0) is 107. The third kappa shape index (κ3) is 61.5. The van der Waals surface area contributed by atoms with Crippen molar-refractivity contribution in [3.63, 3.8) is 0 Å². The lowest BCUT2D eigenvalue weighted by Crippen LogP contribution is -2.33. The number of benzene rings is 5. The maximum atomic E-state index is 12.8. The number of ether oxygens (including phenoxy) is 2. The van der Waals surface area contributed by atoms with Gasteiger partial charge in [0.05, 0.1) is 33.4 Å². The summed E-state index contributed by atoms with van der Waals surface area (Å²) in [5, 5.41) is 14.0. The monoisotopic (exact) mass is 1980 g/mol. The second-order valence-electron chi connectivity index (χ2n) is 50.5. The average Bonchev–Trinajstić information content (AvgIpc) is 1.58. The molecular formula is C123H189F8N5O2S2. The fourth-order valence-electron chi connectivity index (χ4n) is 16.0. The summed E-state index contributed by atoms with van der Waals surface area (Å²) in [4.78, 5) is 16.5. The van der Waals surface area contributed by atoms with Crippen LogP contribution in [-0.4, -0.2) is 39.5 Å². The fraction of sp³-hybridized carbons (Fsp3) is 0.618. The third-order valence-electron chi connectivity index (χ3n) is 24.5. The van der Waals surface area contributed by atoms with Gasteiger partial charge in [0.2, 0.25) is 0 Å². The van der Waals surface area contributed by atoms with Crippen LogP contribution < -0.4 is 4.74 Å². The van der Waals surface area contributed by atoms with Crippen LogP contribution in [-0.2, 0) is 53.8 Å². The predicted octanol–water partition coefficient (Wildman–Crippen LogP) is 39.1. The van der Waals surface area contributed by atoms with Crippen molar-refractivity contribution >= 4 is 22.7 Å². The van der Waals surface area contributed by atoms with E-state index in [9.17, 15) is 35.1 Å². The van der Waals surface area contributed by atoms with Gasteiger partial charge >= 0.3 is 12.5 Å². The van der Waals surface area contributed by atoms with Gasteiger partial charge in [-0.2, -0.15) is 18.4 Å². The molecule has 2 saturated carbocycles. The summed E-state index contributed by atoms with van der Waals surface area (Å²) in [7, 11) is 0. The highest BCUT2D eigenvalue weighted by Crippen LogP contribution is 2.59. The number of halogens is 8. The van der Waals surface area contributed by atoms with Crippen LogP contribution >= 0.6 is 22.7 Å². The number of nitrogens with zero attached hydrogens (tertiary/aromatic N) is 5. The Balaban J connectivity index is 0.000000768. The third-order valence-corrected chi connectivity index (χ3v) is 26.0. The summed E-state index contributed by atoms with van der Waals surface area (Å²) in [5.41, 5.74) is 16.2. The maximum Gasteiger partial charge on any atom is 0.573 e. The summed E-state index contributed by atoms with van der Waals surface area (Å²) >= 11 is 3.41. The summed E-state index contributed by atoms with van der Waals surface area (Å²) < 4.78 is 107. The first-order valence-electron chi connectivity index (χ1n) is 51.2. The van der Waals surface area contributed by atoms with E-state index in [2.05, 4.69) is 318 Å². The van der Waals surface area contributed by atoms with Crippen molar-refractivity contribution in [1.29, 1.82) is 5.26 Å². The number of nitriles is 1. The topological polar surface area (TPSA) is 93.8 Å². The molecule has 2 atom stereocenters. The predicted molar refractivity (Wildman–Crippen MR) is 585 cm³/mol. The van der Waals surface area contributed by atoms with Crippen LogP contribution in [0.4, 0.5) is 35.1 Å². The molecule has 0 radical (unpaired) electrons. The molecule has 0 bridgehead atoms. The molecule has 1 aliphatic heterocycles. The molecule has 0 unspecified atom stereocenters. The molecule has 0 amide bonds. The summed E-state index contributed by atoms with van der Waals surface area (Å²) in [6.45, 7) is 88.6. The van der Waals surface area contributed by atoms with E-state index in [1.54, 1.807) is 59.1 Å². The molecule has 0 spiro atoms. The standard InChI is InChI=1S/C13H17F.C13H19F.C12H15F3O.C12H15F3.C12H15N.2C10H15N.C10H20O.C9H20.C8H16.2C7H11NS/c1-12(2,3)13(8-9-13)10-4-6-11(14)7-5-10;1-12(2,3)13(4,5)10-6-8-11(14)9-7-10;1-11(2,3)8-9-4-6-10(7-5-9)16-12(13,14)15;1-11(2,3)8-9-4-6-10(7-5-9)12(13,14)15;1-9(2)10(3)12-6-4-11(8-13)5-7-12;1-8(2)6-10-7-11-5-4-9(10)3;1-8(2)9(3)10-5-4-6-11-7-10;1-10(2,3)8-9-4-6-11-7-5-9;1-8(2,3)7-9(4,5)6;1-8(2,3)6-7-4-5-7;1-6(2)3-7-4-9-5-8-7;1-6(2)5-7-8-3-4-9-7/h4-7H,8-9H2,1-3H3;6-9H,1-5H3;4-7H,8H2,1-3H3;4-7H,8H2,1-3H3;4-7,9-10H,1-3H3;4-5,7-8H,6H2,1-3H3;4-9H,1-3H3;9H,4-8H2,1-3H3;7H2,1-6H3;7H,4-6H2,1-3H3;4-6H,3H2,1-2H3;3-4,6H,5H2,1-2H3/t;;;;10-;;9-;;;;;/m....0.0...../s1. The zero-order valence-corrected chi connectivity index (χ0v) is 95.9. The number of hydrogen-bond acceptors (Lipinski definition) is 9. The minimum atomic E-state index is -4.62. The van der Waals surface area contributed by atoms with E-state index in [1.165, 1.54) is 126 Å². The van der Waals surface area contributed by atoms with Gasteiger partial charge in [-0.3, -0.25) is 9.97 Å². The summed E-state index contributed by atoms with van der Waals surface area (Å²) in [6.07, 6.45) is 17.7. The lowest BCUT2D eigenvalue weighted by Gasteiger charge is -2.39. The lowest BCUT2D eigenvalue weighted by atomic mass is 9.65. The van der Waals surface area contributed by atoms with Gasteiger partial charge in [-0.1, -0.05) is 343 Å². The number of thiazole rings is 2. The van der Waals surface area contributed by atoms with Crippen molar-refractivity contribution < 1.29 is 44.6 Å². The first-order chi connectivity index (χ1) is 64.0. The van der Waals surface area contributed by atoms with Gasteiger partial charge in [-0.15, -0.1) is 35.8 Å². The van der Waals surface area contributed by atoms with Crippen LogP contribution in [0.3, 0.4) is 0 Å². The highest BCUT2D eigenvalue weighted by molar-refractivity contribution is 7.09. The van der Waals surface area contributed by atoms with Gasteiger partial charge in [0.25, 0.3) is 0 Å². The Labute approximate surface area is 856 Å². The smallest absolute Gasteiger partial charge is 0.406 e. The molecule has 0 N–H and O–H groups in total. The Morgan fingerprint density at radius 2 is 0.907 bits per heavy atom. The minimum Gasteiger partial charge on any atom is -0.406 e. The number of hydrogen-bond donors (Lipinski definition) is 0. The molecule has 4 aromatic heterocycles. The van der Waals surface area contributed by atoms with Crippen molar-refractivity contribution in [2.45, 2.75) is 395 Å². The fourth-order valence-corrected chi connectivity index (χ4v) is 17.4. The molecule has 17 heteroatoms. The van der Waals surface area contributed by atoms with Crippen molar-refractivity contribution in [2.75, 3.05) is 13.2 Å². The van der Waals surface area contributed by atoms with Crippen molar-refractivity contribution in [2.24, 2.45) is 84.7 Å². The van der Waals surface area contributed by atoms with Crippen molar-refractivity contribution in [3.8, 4) is 11.8 Å². The average molecular weight is 1990 g/mol. The van der Waals surface area contributed by atoms with Crippen molar-refractivity contribution in [3.05, 3.63) is 265 Å². The van der Waals surface area contributed by atoms with E-state index in [0.717, 1.165) is 104 Å². The second kappa shape index (κ2) is 60.3. The second-order valence-corrected chi connectivity index (χ2v) is 52.2. The molecule has 5 aromatic carbocycles. The molecule has 1 saturated heterocycles. The van der Waals surface area contributed by atoms with Gasteiger partial charge in [0.1, 0.15) is 17.4 Å². The number of rotatable bonds is 17. The Morgan fingerprint density at radius 3 is 1.24 bits per heavy atom. The Bertz CT molecular complexity index is 4590. The molecule has 2 aliphatic carbocycles.